The molecule has 0 aliphatic carbocycles. The molecule has 0 saturated carbocycles. The number of hydrogen-bond donors (Lipinski definition) is 1. The van der Waals surface area contributed by atoms with Crippen molar-refractivity contribution in [2.24, 2.45) is 0 Å². The predicted octanol–water partition coefficient (Wildman–Crippen LogP) is 3.19. The van der Waals surface area contributed by atoms with Crippen LogP contribution in [0.4, 0.5) is 5.69 Å². The molecule has 19 heavy (non-hydrogen) atoms. The van der Waals surface area contributed by atoms with Gasteiger partial charge in [-0.1, -0.05) is 6.92 Å². The fraction of sp³-hybridized carbons (Fsp3) is 0.286. The average Bonchev–Trinajstić information content (AvgIpc) is 2.98. The maximum absolute atomic E-state index is 5.80. The molecule has 1 atom stereocenters. The van der Waals surface area contributed by atoms with Crippen LogP contribution < -0.4 is 5.73 Å². The number of nitrogen functional groups attached to an aromatic ring is 1. The van der Waals surface area contributed by atoms with E-state index in [1.54, 1.807) is 11.3 Å². The van der Waals surface area contributed by atoms with Gasteiger partial charge in [0.2, 0.25) is 0 Å². The van der Waals surface area contributed by atoms with Crippen LogP contribution in [0.3, 0.4) is 0 Å². The van der Waals surface area contributed by atoms with Crippen LogP contribution in [0.5, 0.6) is 0 Å². The Morgan fingerprint density at radius 3 is 3.00 bits per heavy atom. The third kappa shape index (κ3) is 2.21. The van der Waals surface area contributed by atoms with E-state index >= 15 is 0 Å². The van der Waals surface area contributed by atoms with E-state index in [2.05, 4.69) is 21.5 Å². The van der Waals surface area contributed by atoms with Crippen molar-refractivity contribution in [2.45, 2.75) is 26.3 Å². The number of rotatable bonds is 3. The summed E-state index contributed by atoms with van der Waals surface area (Å²) in [6.07, 6.45) is 1.86. The summed E-state index contributed by atoms with van der Waals surface area (Å²) in [7, 11) is 0. The molecule has 0 fully saturated rings. The third-order valence-corrected chi connectivity index (χ3v) is 4.30. The number of anilines is 1. The molecule has 0 spiro atoms. The Morgan fingerprint density at radius 1 is 1.42 bits per heavy atom. The minimum Gasteiger partial charge on any atom is -0.399 e. The van der Waals surface area contributed by atoms with Gasteiger partial charge in [0.05, 0.1) is 16.0 Å². The lowest BCUT2D eigenvalue weighted by Crippen LogP contribution is -2.07. The van der Waals surface area contributed by atoms with Gasteiger partial charge in [-0.05, 0) is 25.1 Å². The number of thiazole rings is 1. The molecule has 98 valence electrons. The second-order valence-electron chi connectivity index (χ2n) is 4.79. The molecular weight excluding hydrogens is 256 g/mol. The molecule has 1 aromatic carbocycles. The van der Waals surface area contributed by atoms with Gasteiger partial charge in [0.1, 0.15) is 5.82 Å². The van der Waals surface area contributed by atoms with Crippen LogP contribution in [0.2, 0.25) is 0 Å². The second-order valence-corrected chi connectivity index (χ2v) is 5.72. The summed E-state index contributed by atoms with van der Waals surface area (Å²) in [6.45, 7) is 5.12. The summed E-state index contributed by atoms with van der Waals surface area (Å²) in [4.78, 5) is 8.96. The molecule has 3 aromatic rings. The number of hydrogen-bond acceptors (Lipinski definition) is 4. The Morgan fingerprint density at radius 2 is 2.26 bits per heavy atom. The van der Waals surface area contributed by atoms with E-state index in [0.29, 0.717) is 5.92 Å². The molecular formula is C14H16N4S. The standard InChI is InChI=1S/C14H16N4S/c1-9(14-16-5-6-19-14)8-18-10(2)17-12-7-11(15)3-4-13(12)18/h3-7,9H,8,15H2,1-2H3. The Bertz CT molecular complexity index is 700. The van der Waals surface area contributed by atoms with E-state index in [1.165, 1.54) is 0 Å². The zero-order valence-corrected chi connectivity index (χ0v) is 11.8. The fourth-order valence-corrected chi connectivity index (χ4v) is 3.02. The summed E-state index contributed by atoms with van der Waals surface area (Å²) >= 11 is 1.70. The number of aryl methyl sites for hydroxylation is 1. The Labute approximate surface area is 115 Å². The zero-order valence-electron chi connectivity index (χ0n) is 11.0. The minimum absolute atomic E-state index is 0.383. The van der Waals surface area contributed by atoms with Gasteiger partial charge in [0.25, 0.3) is 0 Å². The topological polar surface area (TPSA) is 56.7 Å². The molecule has 2 aromatic heterocycles. The Balaban J connectivity index is 1.98. The quantitative estimate of drug-likeness (QED) is 0.745. The highest BCUT2D eigenvalue weighted by Crippen LogP contribution is 2.24. The predicted molar refractivity (Wildman–Crippen MR) is 79.4 cm³/mol. The highest BCUT2D eigenvalue weighted by molar-refractivity contribution is 7.09. The van der Waals surface area contributed by atoms with E-state index in [9.17, 15) is 0 Å². The lowest BCUT2D eigenvalue weighted by molar-refractivity contribution is 0.594. The van der Waals surface area contributed by atoms with Crippen molar-refractivity contribution in [2.75, 3.05) is 5.73 Å². The molecule has 0 aliphatic rings. The van der Waals surface area contributed by atoms with Crippen molar-refractivity contribution in [3.63, 3.8) is 0 Å². The van der Waals surface area contributed by atoms with Crippen molar-refractivity contribution < 1.29 is 0 Å². The van der Waals surface area contributed by atoms with E-state index in [1.807, 2.05) is 36.7 Å². The number of nitrogens with zero attached hydrogens (tertiary/aromatic N) is 3. The van der Waals surface area contributed by atoms with Gasteiger partial charge in [0, 0.05) is 29.7 Å². The second kappa shape index (κ2) is 4.66. The van der Waals surface area contributed by atoms with E-state index in [0.717, 1.165) is 34.1 Å². The first-order chi connectivity index (χ1) is 9.15. The van der Waals surface area contributed by atoms with Gasteiger partial charge >= 0.3 is 0 Å². The lowest BCUT2D eigenvalue weighted by atomic mass is 10.2. The maximum atomic E-state index is 5.80. The first kappa shape index (κ1) is 12.2. The van der Waals surface area contributed by atoms with Crippen LogP contribution in [-0.4, -0.2) is 14.5 Å². The number of imidazole rings is 1. The molecule has 2 heterocycles. The number of fused-ring (bicyclic) bond motifs is 1. The molecule has 0 bridgehead atoms. The van der Waals surface area contributed by atoms with Crippen molar-refractivity contribution in [1.82, 2.24) is 14.5 Å². The summed E-state index contributed by atoms with van der Waals surface area (Å²) in [6, 6.07) is 5.89. The maximum Gasteiger partial charge on any atom is 0.106 e. The summed E-state index contributed by atoms with van der Waals surface area (Å²) in [5, 5.41) is 3.18. The number of aromatic nitrogens is 3. The van der Waals surface area contributed by atoms with Crippen LogP contribution in [0.25, 0.3) is 11.0 Å². The first-order valence-corrected chi connectivity index (χ1v) is 7.15. The normalized spacial score (nSPS) is 12.9. The molecule has 0 saturated heterocycles. The smallest absolute Gasteiger partial charge is 0.106 e. The van der Waals surface area contributed by atoms with Crippen molar-refractivity contribution in [3.8, 4) is 0 Å². The molecule has 0 radical (unpaired) electrons. The van der Waals surface area contributed by atoms with E-state index in [-0.39, 0.29) is 0 Å². The molecule has 4 nitrogen and oxygen atoms in total. The highest BCUT2D eigenvalue weighted by atomic mass is 32.1. The van der Waals surface area contributed by atoms with E-state index < -0.39 is 0 Å². The monoisotopic (exact) mass is 272 g/mol. The third-order valence-electron chi connectivity index (χ3n) is 3.29. The van der Waals surface area contributed by atoms with Gasteiger partial charge in [0.15, 0.2) is 0 Å². The number of nitrogens with two attached hydrogens (primary N) is 1. The molecule has 5 heteroatoms. The zero-order chi connectivity index (χ0) is 13.4. The molecule has 3 rings (SSSR count). The summed E-state index contributed by atoms with van der Waals surface area (Å²) < 4.78 is 2.24. The summed E-state index contributed by atoms with van der Waals surface area (Å²) in [5.74, 6) is 1.40. The van der Waals surface area contributed by atoms with Crippen molar-refractivity contribution >= 4 is 28.1 Å². The molecule has 1 unspecified atom stereocenters. The molecule has 0 aliphatic heterocycles. The van der Waals surface area contributed by atoms with Crippen LogP contribution in [0.15, 0.2) is 29.8 Å². The lowest BCUT2D eigenvalue weighted by Gasteiger charge is -2.12. The largest absolute Gasteiger partial charge is 0.399 e. The van der Waals surface area contributed by atoms with Gasteiger partial charge in [-0.15, -0.1) is 11.3 Å². The van der Waals surface area contributed by atoms with E-state index in [4.69, 9.17) is 5.73 Å². The Kier molecular flexibility index (Phi) is 2.98. The van der Waals surface area contributed by atoms with Gasteiger partial charge < -0.3 is 10.3 Å². The van der Waals surface area contributed by atoms with Gasteiger partial charge in [-0.25, -0.2) is 9.97 Å². The van der Waals surface area contributed by atoms with Crippen molar-refractivity contribution in [1.29, 1.82) is 0 Å². The van der Waals surface area contributed by atoms with Crippen LogP contribution in [-0.2, 0) is 6.54 Å². The summed E-state index contributed by atoms with van der Waals surface area (Å²) in [5.41, 5.74) is 8.66. The van der Waals surface area contributed by atoms with Crippen LogP contribution in [0.1, 0.15) is 23.7 Å². The highest BCUT2D eigenvalue weighted by Gasteiger charge is 2.13. The average molecular weight is 272 g/mol. The van der Waals surface area contributed by atoms with Crippen LogP contribution >= 0.6 is 11.3 Å². The molecule has 0 amide bonds. The van der Waals surface area contributed by atoms with Crippen molar-refractivity contribution in [3.05, 3.63) is 40.6 Å². The first-order valence-electron chi connectivity index (χ1n) is 6.27. The Hall–Kier alpha value is -1.88. The van der Waals surface area contributed by atoms with Gasteiger partial charge in [-0.2, -0.15) is 0 Å². The number of benzene rings is 1. The van der Waals surface area contributed by atoms with Crippen LogP contribution in [0, 0.1) is 6.92 Å². The SMILES string of the molecule is Cc1nc2cc(N)ccc2n1CC(C)c1nccs1. The molecule has 2 N–H and O–H groups in total. The fourth-order valence-electron chi connectivity index (χ4n) is 2.33. The van der Waals surface area contributed by atoms with Gasteiger partial charge in [-0.3, -0.25) is 0 Å². The minimum atomic E-state index is 0.383.